The molecule has 0 saturated carbocycles. The van der Waals surface area contributed by atoms with Crippen molar-refractivity contribution < 1.29 is 26.7 Å². The Labute approximate surface area is 287 Å². The van der Waals surface area contributed by atoms with Crippen LogP contribution in [0.5, 0.6) is 0 Å². The van der Waals surface area contributed by atoms with Crippen molar-refractivity contribution in [1.29, 1.82) is 0 Å². The molecule has 1 saturated heterocycles. The predicted octanol–water partition coefficient (Wildman–Crippen LogP) is 6.68. The van der Waals surface area contributed by atoms with Crippen molar-refractivity contribution in [3.05, 3.63) is 77.6 Å². The summed E-state index contributed by atoms with van der Waals surface area (Å²) < 4.78 is 10.9. The second kappa shape index (κ2) is 18.2. The third-order valence-corrected chi connectivity index (χ3v) is 8.36. The summed E-state index contributed by atoms with van der Waals surface area (Å²) in [6.45, 7) is 14.5. The Morgan fingerprint density at radius 1 is 1.12 bits per heavy atom. The number of nitrogens with zero attached hydrogens (tertiary/aromatic N) is 2. The van der Waals surface area contributed by atoms with Gasteiger partial charge in [0.1, 0.15) is 6.79 Å². The van der Waals surface area contributed by atoms with Crippen LogP contribution in [-0.2, 0) is 36.7 Å². The Morgan fingerprint density at radius 3 is 2.56 bits per heavy atom. The van der Waals surface area contributed by atoms with Crippen LogP contribution in [0.4, 0.5) is 0 Å². The number of H-pyrrole nitrogens is 1. The number of methoxy groups -OCH3 is 1. The summed E-state index contributed by atoms with van der Waals surface area (Å²) in [6.07, 6.45) is 4.76. The van der Waals surface area contributed by atoms with Crippen LogP contribution < -0.4 is 11.2 Å². The SMILES string of the molecule is C=O.CC.CO[C@@H](C)c1ncccc1-c1[nH]c2ccc(-c3cccc(C[C@H](N)C(=O)N4CCCCN4)c3)cc2c1CC(C)(C)COC=O.[HH].[HH]. The van der Waals surface area contributed by atoms with Gasteiger partial charge < -0.3 is 25.0 Å². The molecule has 0 aliphatic carbocycles. The van der Waals surface area contributed by atoms with E-state index in [-0.39, 0.29) is 20.3 Å². The quantitative estimate of drug-likeness (QED) is 0.143. The molecule has 1 aliphatic rings. The molecular formula is C38H55N5O5. The zero-order valence-electron chi connectivity index (χ0n) is 29.2. The first-order valence-corrected chi connectivity index (χ1v) is 16.6. The van der Waals surface area contributed by atoms with Gasteiger partial charge in [0, 0.05) is 51.1 Å². The van der Waals surface area contributed by atoms with Gasteiger partial charge in [-0.2, -0.15) is 0 Å². The zero-order chi connectivity index (χ0) is 35.3. The number of nitrogens with two attached hydrogens (primary N) is 1. The Hall–Kier alpha value is -4.38. The molecule has 3 heterocycles. The number of rotatable bonds is 12. The fourth-order valence-corrected chi connectivity index (χ4v) is 5.99. The summed E-state index contributed by atoms with van der Waals surface area (Å²) in [5.74, 6) is -0.0697. The molecule has 1 fully saturated rings. The summed E-state index contributed by atoms with van der Waals surface area (Å²) in [6, 6.07) is 18.0. The number of hydrazine groups is 1. The van der Waals surface area contributed by atoms with E-state index < -0.39 is 6.04 Å². The smallest absolute Gasteiger partial charge is 0.293 e. The Balaban J connectivity index is 0.00000201. The third-order valence-electron chi connectivity index (χ3n) is 8.36. The van der Waals surface area contributed by atoms with Crippen LogP contribution in [0.1, 0.15) is 73.2 Å². The summed E-state index contributed by atoms with van der Waals surface area (Å²) in [7, 11) is 1.68. The lowest BCUT2D eigenvalue weighted by Crippen LogP contribution is -2.53. The highest BCUT2D eigenvalue weighted by atomic mass is 16.5. The molecule has 10 heteroatoms. The average Bonchev–Trinajstić information content (AvgIpc) is 3.48. The fourth-order valence-electron chi connectivity index (χ4n) is 5.99. The van der Waals surface area contributed by atoms with E-state index in [1.165, 1.54) is 0 Å². The number of benzene rings is 2. The summed E-state index contributed by atoms with van der Waals surface area (Å²) in [5, 5.41) is 2.75. The van der Waals surface area contributed by atoms with Crippen LogP contribution in [0.3, 0.4) is 0 Å². The Bertz CT molecular complexity index is 1640. The van der Waals surface area contributed by atoms with E-state index >= 15 is 0 Å². The van der Waals surface area contributed by atoms with Crippen LogP contribution >= 0.6 is 0 Å². The fraction of sp³-hybridized carbons (Fsp3) is 0.421. The summed E-state index contributed by atoms with van der Waals surface area (Å²) in [4.78, 5) is 40.3. The lowest BCUT2D eigenvalue weighted by molar-refractivity contribution is -0.137. The molecule has 10 nitrogen and oxygen atoms in total. The molecule has 262 valence electrons. The molecule has 1 amide bonds. The topological polar surface area (TPSA) is 140 Å². The number of ether oxygens (including phenoxy) is 2. The lowest BCUT2D eigenvalue weighted by Gasteiger charge is -2.29. The number of fused-ring (bicyclic) bond motifs is 1. The van der Waals surface area contributed by atoms with Gasteiger partial charge >= 0.3 is 0 Å². The number of carbonyl (C=O) groups excluding carboxylic acids is 3. The van der Waals surface area contributed by atoms with Crippen molar-refractivity contribution in [2.45, 2.75) is 72.4 Å². The maximum atomic E-state index is 12.9. The first-order chi connectivity index (χ1) is 23.2. The number of amides is 1. The van der Waals surface area contributed by atoms with Gasteiger partial charge in [-0.25, -0.2) is 5.43 Å². The number of carbonyl (C=O) groups is 3. The van der Waals surface area contributed by atoms with Crippen molar-refractivity contribution in [1.82, 2.24) is 20.4 Å². The minimum absolute atomic E-state index is 0. The number of hydrogen-bond acceptors (Lipinski definition) is 8. The van der Waals surface area contributed by atoms with Crippen LogP contribution in [0.2, 0.25) is 0 Å². The van der Waals surface area contributed by atoms with E-state index in [1.807, 2.05) is 45.8 Å². The normalized spacial score (nSPS) is 14.2. The molecule has 1 aliphatic heterocycles. The largest absolute Gasteiger partial charge is 0.467 e. The molecule has 0 unspecified atom stereocenters. The van der Waals surface area contributed by atoms with Crippen molar-refractivity contribution in [2.24, 2.45) is 11.1 Å². The number of pyridine rings is 1. The maximum Gasteiger partial charge on any atom is 0.293 e. The van der Waals surface area contributed by atoms with Crippen LogP contribution in [0, 0.1) is 5.41 Å². The van der Waals surface area contributed by atoms with Gasteiger partial charge in [-0.3, -0.25) is 19.6 Å². The second-order valence-electron chi connectivity index (χ2n) is 12.4. The van der Waals surface area contributed by atoms with E-state index in [1.54, 1.807) is 18.3 Å². The molecule has 4 aromatic rings. The van der Waals surface area contributed by atoms with Gasteiger partial charge in [0.25, 0.3) is 12.4 Å². The Kier molecular flexibility index (Phi) is 14.5. The van der Waals surface area contributed by atoms with E-state index in [0.29, 0.717) is 32.5 Å². The van der Waals surface area contributed by atoms with Gasteiger partial charge in [0.05, 0.1) is 30.1 Å². The molecule has 5 rings (SSSR count). The molecule has 0 spiro atoms. The van der Waals surface area contributed by atoms with Crippen LogP contribution in [0.15, 0.2) is 60.8 Å². The lowest BCUT2D eigenvalue weighted by atomic mass is 9.84. The van der Waals surface area contributed by atoms with Crippen molar-refractivity contribution in [3.8, 4) is 22.4 Å². The van der Waals surface area contributed by atoms with Gasteiger partial charge in [-0.05, 0) is 79.1 Å². The third kappa shape index (κ3) is 9.37. The van der Waals surface area contributed by atoms with Crippen molar-refractivity contribution in [3.63, 3.8) is 0 Å². The number of aromatic amines is 1. The highest BCUT2D eigenvalue weighted by molar-refractivity contribution is 5.94. The molecule has 0 bridgehead atoms. The van der Waals surface area contributed by atoms with E-state index in [4.69, 9.17) is 20.0 Å². The molecule has 2 atom stereocenters. The minimum atomic E-state index is -0.615. The zero-order valence-corrected chi connectivity index (χ0v) is 29.2. The molecule has 2 aromatic carbocycles. The first-order valence-electron chi connectivity index (χ1n) is 16.6. The molecular weight excluding hydrogens is 606 g/mol. The summed E-state index contributed by atoms with van der Waals surface area (Å²) in [5.41, 5.74) is 17.3. The molecule has 4 N–H and O–H groups in total. The van der Waals surface area contributed by atoms with Gasteiger partial charge in [0.15, 0.2) is 0 Å². The average molecular weight is 662 g/mol. The van der Waals surface area contributed by atoms with Gasteiger partial charge in [-0.1, -0.05) is 58.0 Å². The number of nitrogens with one attached hydrogen (secondary N) is 2. The monoisotopic (exact) mass is 661 g/mol. The number of hydrogen-bond donors (Lipinski definition) is 3. The van der Waals surface area contributed by atoms with E-state index in [2.05, 4.69) is 65.6 Å². The predicted molar refractivity (Wildman–Crippen MR) is 195 cm³/mol. The van der Waals surface area contributed by atoms with Crippen LogP contribution in [-0.4, -0.2) is 67.0 Å². The minimum Gasteiger partial charge on any atom is -0.467 e. The van der Waals surface area contributed by atoms with E-state index in [9.17, 15) is 9.59 Å². The van der Waals surface area contributed by atoms with E-state index in [0.717, 1.165) is 69.5 Å². The number of aromatic nitrogens is 2. The van der Waals surface area contributed by atoms with Gasteiger partial charge in [-0.15, -0.1) is 0 Å². The molecule has 48 heavy (non-hydrogen) atoms. The standard InChI is InChI=1S/C35H43N5O4.C2H6.CH2O.2H2/c1-23(43-4)32-27(11-8-14-37-32)33-29(20-35(2,3)21-44-22-41)28-19-26(12-13-31(28)39-33)25-10-7-9-24(17-25)18-30(36)34(42)40-16-6-5-15-38-40;2*1-2;;/h7-14,17,19,22-23,30,38-39H,5-6,15-16,18,20-21,36H2,1-4H3;1-2H3;1H2;2*1H/t23-,30-;;;;/m0..../s1. The second-order valence-corrected chi connectivity index (χ2v) is 12.4. The molecule has 2 aromatic heterocycles. The van der Waals surface area contributed by atoms with Crippen molar-refractivity contribution in [2.75, 3.05) is 26.8 Å². The Morgan fingerprint density at radius 2 is 1.88 bits per heavy atom. The van der Waals surface area contributed by atoms with Crippen LogP contribution in [0.25, 0.3) is 33.3 Å². The maximum absolute atomic E-state index is 12.9. The highest BCUT2D eigenvalue weighted by Gasteiger charge is 2.27. The van der Waals surface area contributed by atoms with Gasteiger partial charge in [0.2, 0.25) is 0 Å². The summed E-state index contributed by atoms with van der Waals surface area (Å²) >= 11 is 0. The first kappa shape index (κ1) is 38.1. The highest BCUT2D eigenvalue weighted by Crippen LogP contribution is 2.39. The van der Waals surface area contributed by atoms with Crippen molar-refractivity contribution >= 4 is 30.1 Å². The molecule has 0 radical (unpaired) electrons.